The van der Waals surface area contributed by atoms with Gasteiger partial charge in [0.05, 0.1) is 22.6 Å². The normalized spacial score (nSPS) is 14.1. The Morgan fingerprint density at radius 1 is 1.27 bits per heavy atom. The van der Waals surface area contributed by atoms with E-state index in [2.05, 4.69) is 32.3 Å². The van der Waals surface area contributed by atoms with Crippen LogP contribution in [0.5, 0.6) is 0 Å². The van der Waals surface area contributed by atoms with E-state index in [-0.39, 0.29) is 0 Å². The van der Waals surface area contributed by atoms with Crippen LogP contribution in [0.1, 0.15) is 12.8 Å². The lowest BCUT2D eigenvalue weighted by molar-refractivity contribution is 1.08. The van der Waals surface area contributed by atoms with Crippen LogP contribution in [0.4, 0.5) is 5.69 Å². The number of nitrogen functional groups attached to an aromatic ring is 1. The van der Waals surface area contributed by atoms with E-state index in [0.29, 0.717) is 5.69 Å². The fourth-order valence-corrected chi connectivity index (χ4v) is 1.76. The maximum absolute atomic E-state index is 5.76. The zero-order chi connectivity index (χ0) is 10.3. The number of aromatic amines is 2. The van der Waals surface area contributed by atoms with Crippen LogP contribution in [0.15, 0.2) is 6.20 Å². The highest BCUT2D eigenvalue weighted by Crippen LogP contribution is 2.16. The van der Waals surface area contributed by atoms with Crippen molar-refractivity contribution in [3.63, 3.8) is 0 Å². The van der Waals surface area contributed by atoms with E-state index in [1.54, 1.807) is 6.20 Å². The highest BCUT2D eigenvalue weighted by atomic mass is 15.1. The van der Waals surface area contributed by atoms with Crippen LogP contribution < -0.4 is 16.4 Å². The summed E-state index contributed by atoms with van der Waals surface area (Å²) >= 11 is 0. The van der Waals surface area contributed by atoms with Crippen LogP contribution in [0.25, 0.3) is 23.7 Å². The van der Waals surface area contributed by atoms with Crippen LogP contribution in [0.2, 0.25) is 0 Å². The summed E-state index contributed by atoms with van der Waals surface area (Å²) in [6, 6.07) is 0. The second kappa shape index (κ2) is 2.98. The van der Waals surface area contributed by atoms with Crippen LogP contribution in [0.3, 0.4) is 0 Å². The quantitative estimate of drug-likeness (QED) is 0.594. The Hall–Kier alpha value is -2.04. The first kappa shape index (κ1) is 8.28. The van der Waals surface area contributed by atoms with E-state index in [1.807, 2.05) is 0 Å². The minimum Gasteiger partial charge on any atom is -0.396 e. The average molecular weight is 201 g/mol. The van der Waals surface area contributed by atoms with Crippen LogP contribution in [-0.2, 0) is 0 Å². The molecule has 5 nitrogen and oxygen atoms in total. The van der Waals surface area contributed by atoms with Gasteiger partial charge >= 0.3 is 0 Å². The summed E-state index contributed by atoms with van der Waals surface area (Å²) in [6.07, 6.45) is 7.98. The summed E-state index contributed by atoms with van der Waals surface area (Å²) in [4.78, 5) is 7.69. The number of rotatable bonds is 1. The Labute approximate surface area is 85.7 Å². The molecule has 0 unspecified atom stereocenters. The number of nitrogens with zero attached hydrogens (tertiary/aromatic N) is 2. The molecule has 0 spiro atoms. The molecular weight excluding hydrogens is 190 g/mol. The monoisotopic (exact) mass is 201 g/mol. The summed E-state index contributed by atoms with van der Waals surface area (Å²) in [5.41, 5.74) is 7.12. The molecule has 0 saturated heterocycles. The first-order valence-corrected chi connectivity index (χ1v) is 4.90. The molecule has 76 valence electrons. The third kappa shape index (κ3) is 1.24. The summed E-state index contributed by atoms with van der Waals surface area (Å²) in [7, 11) is 0. The molecule has 0 radical (unpaired) electrons. The van der Waals surface area contributed by atoms with Crippen molar-refractivity contribution in [3.05, 3.63) is 16.9 Å². The van der Waals surface area contributed by atoms with E-state index in [9.17, 15) is 0 Å². The van der Waals surface area contributed by atoms with E-state index in [4.69, 9.17) is 5.73 Å². The number of nitrogens with two attached hydrogens (primary N) is 1. The highest BCUT2D eigenvalue weighted by Gasteiger charge is 2.08. The van der Waals surface area contributed by atoms with Gasteiger partial charge in [-0.25, -0.2) is 4.98 Å². The van der Waals surface area contributed by atoms with Crippen LogP contribution >= 0.6 is 0 Å². The zero-order valence-corrected chi connectivity index (χ0v) is 8.12. The molecule has 1 aliphatic carbocycles. The minimum absolute atomic E-state index is 0.612. The molecule has 3 rings (SSSR count). The van der Waals surface area contributed by atoms with Gasteiger partial charge in [0.2, 0.25) is 0 Å². The Morgan fingerprint density at radius 3 is 2.87 bits per heavy atom. The number of nitrogens with one attached hydrogen (secondary N) is 2. The topological polar surface area (TPSA) is 83.4 Å². The number of imidazole rings is 1. The van der Waals surface area contributed by atoms with Gasteiger partial charge in [-0.15, -0.1) is 0 Å². The fourth-order valence-electron chi connectivity index (χ4n) is 1.76. The lowest BCUT2D eigenvalue weighted by Crippen LogP contribution is -2.26. The summed E-state index contributed by atoms with van der Waals surface area (Å²) < 4.78 is 0. The second-order valence-electron chi connectivity index (χ2n) is 3.57. The standard InChI is InChI=1S/C10H11N5/c11-6-5-12-15-9(6)10-13-7-3-1-2-4-8(7)14-10/h3-5H,1-2,11H2,(H,12,15)(H,13,14). The Morgan fingerprint density at radius 2 is 2.13 bits per heavy atom. The largest absolute Gasteiger partial charge is 0.396 e. The summed E-state index contributed by atoms with van der Waals surface area (Å²) in [5, 5.41) is 8.79. The van der Waals surface area contributed by atoms with Crippen molar-refractivity contribution in [1.29, 1.82) is 0 Å². The molecule has 0 aliphatic heterocycles. The predicted molar refractivity (Wildman–Crippen MR) is 58.0 cm³/mol. The molecular formula is C10H11N5. The number of hydrogen-bond acceptors (Lipinski definition) is 3. The molecule has 2 aromatic rings. The molecule has 5 heteroatoms. The van der Waals surface area contributed by atoms with Crippen LogP contribution in [-0.4, -0.2) is 20.2 Å². The van der Waals surface area contributed by atoms with Gasteiger partial charge < -0.3 is 10.7 Å². The molecule has 0 amide bonds. The van der Waals surface area contributed by atoms with E-state index >= 15 is 0 Å². The number of fused-ring (bicyclic) bond motifs is 1. The van der Waals surface area contributed by atoms with Crippen molar-refractivity contribution in [2.75, 3.05) is 5.73 Å². The van der Waals surface area contributed by atoms with E-state index in [0.717, 1.165) is 35.1 Å². The third-order valence-electron chi connectivity index (χ3n) is 2.52. The molecule has 0 bridgehead atoms. The molecule has 1 aliphatic rings. The summed E-state index contributed by atoms with van der Waals surface area (Å²) in [5.74, 6) is 0.754. The third-order valence-corrected chi connectivity index (χ3v) is 2.52. The van der Waals surface area contributed by atoms with Gasteiger partial charge in [-0.2, -0.15) is 5.10 Å². The van der Waals surface area contributed by atoms with Gasteiger partial charge in [0.25, 0.3) is 0 Å². The number of hydrogen-bond donors (Lipinski definition) is 3. The van der Waals surface area contributed by atoms with Gasteiger partial charge in [0, 0.05) is 0 Å². The summed E-state index contributed by atoms with van der Waals surface area (Å²) in [6.45, 7) is 0. The number of H-pyrrole nitrogens is 2. The van der Waals surface area contributed by atoms with Crippen molar-refractivity contribution < 1.29 is 0 Å². The predicted octanol–water partition coefficient (Wildman–Crippen LogP) is -0.263. The molecule has 0 fully saturated rings. The van der Waals surface area contributed by atoms with Gasteiger partial charge in [0.1, 0.15) is 5.69 Å². The van der Waals surface area contributed by atoms with Crippen LogP contribution in [0, 0.1) is 0 Å². The van der Waals surface area contributed by atoms with Gasteiger partial charge in [-0.05, 0) is 12.8 Å². The van der Waals surface area contributed by atoms with Gasteiger partial charge in [0.15, 0.2) is 5.82 Å². The Balaban J connectivity index is 2.24. The van der Waals surface area contributed by atoms with Crippen molar-refractivity contribution in [1.82, 2.24) is 20.2 Å². The van der Waals surface area contributed by atoms with E-state index in [1.165, 1.54) is 0 Å². The SMILES string of the molecule is Nc1cn[nH]c1-c1nc2c([nH]1)=CCCC=2. The Kier molecular flexibility index (Phi) is 1.65. The molecule has 0 atom stereocenters. The molecule has 2 aromatic heterocycles. The number of anilines is 1. The van der Waals surface area contributed by atoms with Crippen molar-refractivity contribution in [2.24, 2.45) is 0 Å². The Bertz CT molecular complexity index is 571. The highest BCUT2D eigenvalue weighted by molar-refractivity contribution is 5.66. The zero-order valence-electron chi connectivity index (χ0n) is 8.12. The van der Waals surface area contributed by atoms with Crippen molar-refractivity contribution >= 4 is 17.8 Å². The maximum atomic E-state index is 5.76. The first-order chi connectivity index (χ1) is 7.34. The molecule has 15 heavy (non-hydrogen) atoms. The molecule has 0 saturated carbocycles. The average Bonchev–Trinajstić information content (AvgIpc) is 2.82. The molecule has 0 aromatic carbocycles. The van der Waals surface area contributed by atoms with Crippen molar-refractivity contribution in [2.45, 2.75) is 12.8 Å². The lowest BCUT2D eigenvalue weighted by atomic mass is 10.2. The minimum atomic E-state index is 0.612. The maximum Gasteiger partial charge on any atom is 0.158 e. The van der Waals surface area contributed by atoms with Gasteiger partial charge in [-0.1, -0.05) is 12.2 Å². The fraction of sp³-hybridized carbons (Fsp3) is 0.200. The number of aromatic nitrogens is 4. The smallest absolute Gasteiger partial charge is 0.158 e. The first-order valence-electron chi connectivity index (χ1n) is 4.90. The van der Waals surface area contributed by atoms with Crippen molar-refractivity contribution in [3.8, 4) is 11.5 Å². The van der Waals surface area contributed by atoms with E-state index < -0.39 is 0 Å². The molecule has 4 N–H and O–H groups in total. The van der Waals surface area contributed by atoms with Gasteiger partial charge in [-0.3, -0.25) is 5.10 Å². The lowest BCUT2D eigenvalue weighted by Gasteiger charge is -1.91. The molecule has 2 heterocycles. The second-order valence-corrected chi connectivity index (χ2v) is 3.57.